The van der Waals surface area contributed by atoms with E-state index in [0.717, 1.165) is 32.9 Å². The van der Waals surface area contributed by atoms with Gasteiger partial charge in [-0.15, -0.1) is 0 Å². The van der Waals surface area contributed by atoms with Crippen molar-refractivity contribution >= 4 is 32.6 Å². The third kappa shape index (κ3) is 2.72. The minimum Gasteiger partial charge on any atom is -0.392 e. The molecule has 0 spiro atoms. The van der Waals surface area contributed by atoms with Gasteiger partial charge in [0.1, 0.15) is 16.2 Å². The number of fused-ring (bicyclic) bond motifs is 1. The molecule has 0 bridgehead atoms. The summed E-state index contributed by atoms with van der Waals surface area (Å²) >= 11 is 1.46. The maximum Gasteiger partial charge on any atom is 0.190 e. The van der Waals surface area contributed by atoms with Crippen LogP contribution in [0.4, 0.5) is 10.9 Å². The number of thiazole rings is 1. The number of aliphatic hydroxyl groups is 1. The van der Waals surface area contributed by atoms with E-state index in [0.29, 0.717) is 10.9 Å². The van der Waals surface area contributed by atoms with Crippen LogP contribution in [0.3, 0.4) is 0 Å². The molecule has 0 radical (unpaired) electrons. The van der Waals surface area contributed by atoms with Gasteiger partial charge >= 0.3 is 0 Å². The highest BCUT2D eigenvalue weighted by atomic mass is 32.1. The molecular formula is C16H14N6OS. The first-order chi connectivity index (χ1) is 11.7. The van der Waals surface area contributed by atoms with Gasteiger partial charge in [0.2, 0.25) is 0 Å². The lowest BCUT2D eigenvalue weighted by Gasteiger charge is -2.02. The summed E-state index contributed by atoms with van der Waals surface area (Å²) in [6.07, 6.45) is 3.42. The van der Waals surface area contributed by atoms with Crippen LogP contribution < -0.4 is 5.32 Å². The highest BCUT2D eigenvalue weighted by Crippen LogP contribution is 2.29. The van der Waals surface area contributed by atoms with Gasteiger partial charge in [-0.2, -0.15) is 5.10 Å². The molecule has 120 valence electrons. The first-order valence-corrected chi connectivity index (χ1v) is 8.15. The quantitative estimate of drug-likeness (QED) is 0.529. The fraction of sp³-hybridized carbons (Fsp3) is 0.125. The van der Waals surface area contributed by atoms with Crippen molar-refractivity contribution in [1.29, 1.82) is 0 Å². The molecule has 4 aromatic heterocycles. The number of anilines is 2. The molecule has 0 atom stereocenters. The first kappa shape index (κ1) is 14.7. The summed E-state index contributed by atoms with van der Waals surface area (Å²) in [7, 11) is 0. The molecule has 4 heterocycles. The number of H-pyrrole nitrogens is 1. The van der Waals surface area contributed by atoms with Gasteiger partial charge in [0.05, 0.1) is 18.5 Å². The van der Waals surface area contributed by atoms with Gasteiger partial charge in [-0.3, -0.25) is 5.10 Å². The van der Waals surface area contributed by atoms with Crippen LogP contribution in [0.15, 0.2) is 36.7 Å². The lowest BCUT2D eigenvalue weighted by Crippen LogP contribution is -1.94. The van der Waals surface area contributed by atoms with E-state index in [1.165, 1.54) is 11.3 Å². The second-order valence-electron chi connectivity index (χ2n) is 5.28. The smallest absolute Gasteiger partial charge is 0.190 e. The Bertz CT molecular complexity index is 1010. The molecule has 0 saturated carbocycles. The molecule has 0 aliphatic carbocycles. The van der Waals surface area contributed by atoms with E-state index >= 15 is 0 Å². The van der Waals surface area contributed by atoms with Gasteiger partial charge in [0.15, 0.2) is 5.13 Å². The normalized spacial score (nSPS) is 11.1. The Kier molecular flexibility index (Phi) is 3.68. The Labute approximate surface area is 141 Å². The molecule has 4 rings (SSSR count). The van der Waals surface area contributed by atoms with Gasteiger partial charge in [0.25, 0.3) is 0 Å². The Morgan fingerprint density at radius 1 is 1.25 bits per heavy atom. The summed E-state index contributed by atoms with van der Waals surface area (Å²) in [6, 6.07) is 7.45. The van der Waals surface area contributed by atoms with E-state index in [2.05, 4.69) is 30.5 Å². The summed E-state index contributed by atoms with van der Waals surface area (Å²) in [4.78, 5) is 14.3. The molecular weight excluding hydrogens is 324 g/mol. The molecule has 0 fully saturated rings. The lowest BCUT2D eigenvalue weighted by molar-refractivity contribution is 0.282. The number of pyridine rings is 2. The Hall–Kier alpha value is -2.84. The van der Waals surface area contributed by atoms with Crippen molar-refractivity contribution in [1.82, 2.24) is 25.1 Å². The van der Waals surface area contributed by atoms with Gasteiger partial charge in [0, 0.05) is 17.5 Å². The maximum atomic E-state index is 9.20. The minimum absolute atomic E-state index is 0.0218. The third-order valence-electron chi connectivity index (χ3n) is 3.60. The third-order valence-corrected chi connectivity index (χ3v) is 4.48. The second-order valence-corrected chi connectivity index (χ2v) is 6.26. The van der Waals surface area contributed by atoms with Gasteiger partial charge < -0.3 is 10.4 Å². The average molecular weight is 338 g/mol. The molecule has 8 heteroatoms. The molecule has 3 N–H and O–H groups in total. The molecule has 7 nitrogen and oxygen atoms in total. The Balaban J connectivity index is 1.67. The Morgan fingerprint density at radius 3 is 2.96 bits per heavy atom. The zero-order valence-electron chi connectivity index (χ0n) is 12.8. The summed E-state index contributed by atoms with van der Waals surface area (Å²) in [5, 5.41) is 20.0. The number of hydrogen-bond acceptors (Lipinski definition) is 7. The van der Waals surface area contributed by atoms with Crippen LogP contribution in [0.1, 0.15) is 11.3 Å². The van der Waals surface area contributed by atoms with E-state index in [9.17, 15) is 5.11 Å². The summed E-state index contributed by atoms with van der Waals surface area (Å²) in [6.45, 7) is 1.94. The predicted octanol–water partition coefficient (Wildman–Crippen LogP) is 3.02. The number of nitrogens with zero attached hydrogens (tertiary/aromatic N) is 4. The highest BCUT2D eigenvalue weighted by Gasteiger charge is 2.10. The summed E-state index contributed by atoms with van der Waals surface area (Å²) in [5.74, 6) is 0.645. The SMILES string of the molecule is Cc1[nH]ncc1-c1ccc2nc(Nc3cc(CO)ccn3)sc2n1. The monoisotopic (exact) mass is 338 g/mol. The van der Waals surface area contributed by atoms with Crippen LogP contribution in [-0.4, -0.2) is 30.3 Å². The van der Waals surface area contributed by atoms with Gasteiger partial charge in [-0.25, -0.2) is 15.0 Å². The van der Waals surface area contributed by atoms with Crippen molar-refractivity contribution < 1.29 is 5.11 Å². The fourth-order valence-corrected chi connectivity index (χ4v) is 3.23. The zero-order valence-corrected chi connectivity index (χ0v) is 13.6. The molecule has 24 heavy (non-hydrogen) atoms. The van der Waals surface area contributed by atoms with Crippen molar-refractivity contribution in [3.8, 4) is 11.3 Å². The van der Waals surface area contributed by atoms with Gasteiger partial charge in [-0.05, 0) is 36.8 Å². The van der Waals surface area contributed by atoms with Crippen molar-refractivity contribution in [2.24, 2.45) is 0 Å². The van der Waals surface area contributed by atoms with Gasteiger partial charge in [-0.1, -0.05) is 11.3 Å². The number of aliphatic hydroxyl groups excluding tert-OH is 1. The fourth-order valence-electron chi connectivity index (χ4n) is 2.38. The molecule has 0 aliphatic heterocycles. The summed E-state index contributed by atoms with van der Waals surface area (Å²) in [5.41, 5.74) is 4.45. The zero-order chi connectivity index (χ0) is 16.5. The van der Waals surface area contributed by atoms with Crippen molar-refractivity contribution in [2.45, 2.75) is 13.5 Å². The van der Waals surface area contributed by atoms with Crippen LogP contribution in [0.25, 0.3) is 21.6 Å². The summed E-state index contributed by atoms with van der Waals surface area (Å²) < 4.78 is 0. The first-order valence-electron chi connectivity index (χ1n) is 7.33. The van der Waals surface area contributed by atoms with Crippen molar-refractivity contribution in [2.75, 3.05) is 5.32 Å². The predicted molar refractivity (Wildman–Crippen MR) is 93.2 cm³/mol. The number of rotatable bonds is 4. The molecule has 4 aromatic rings. The average Bonchev–Trinajstić information content (AvgIpc) is 3.19. The topological polar surface area (TPSA) is 99.6 Å². The molecule has 0 amide bonds. The molecule has 0 unspecified atom stereocenters. The standard InChI is InChI=1S/C16H14N6OS/c1-9-11(7-18-22-9)12-2-3-13-15(19-12)24-16(20-13)21-14-6-10(8-23)4-5-17-14/h2-7,23H,8H2,1H3,(H,18,22)(H,17,20,21). The number of hydrogen-bond donors (Lipinski definition) is 3. The van der Waals surface area contributed by atoms with Crippen LogP contribution in [0.2, 0.25) is 0 Å². The van der Waals surface area contributed by atoms with E-state index in [1.54, 1.807) is 24.5 Å². The number of nitrogens with one attached hydrogen (secondary N) is 2. The largest absolute Gasteiger partial charge is 0.392 e. The van der Waals surface area contributed by atoms with E-state index in [4.69, 9.17) is 0 Å². The van der Waals surface area contributed by atoms with Crippen LogP contribution >= 0.6 is 11.3 Å². The van der Waals surface area contributed by atoms with Crippen molar-refractivity contribution in [3.05, 3.63) is 47.9 Å². The van der Waals surface area contributed by atoms with E-state index in [1.807, 2.05) is 19.1 Å². The number of aromatic nitrogens is 5. The molecule has 0 aromatic carbocycles. The lowest BCUT2D eigenvalue weighted by atomic mass is 10.2. The highest BCUT2D eigenvalue weighted by molar-refractivity contribution is 7.21. The number of aromatic amines is 1. The molecule has 0 saturated heterocycles. The van der Waals surface area contributed by atoms with E-state index in [-0.39, 0.29) is 6.61 Å². The molecule has 0 aliphatic rings. The van der Waals surface area contributed by atoms with Crippen LogP contribution in [0, 0.1) is 6.92 Å². The van der Waals surface area contributed by atoms with Crippen LogP contribution in [0.5, 0.6) is 0 Å². The minimum atomic E-state index is -0.0218. The second kappa shape index (κ2) is 5.99. The van der Waals surface area contributed by atoms with Crippen molar-refractivity contribution in [3.63, 3.8) is 0 Å². The maximum absolute atomic E-state index is 9.20. The van der Waals surface area contributed by atoms with E-state index < -0.39 is 0 Å². The number of aryl methyl sites for hydroxylation is 1. The Morgan fingerprint density at radius 2 is 2.17 bits per heavy atom. The van der Waals surface area contributed by atoms with Crippen LogP contribution in [-0.2, 0) is 6.61 Å².